The van der Waals surface area contributed by atoms with Crippen LogP contribution >= 0.6 is 24.0 Å². The molecule has 4 rings (SSSR count). The number of anilines is 1. The van der Waals surface area contributed by atoms with E-state index in [1.807, 2.05) is 72.8 Å². The highest BCUT2D eigenvalue weighted by Gasteiger charge is 2.26. The molecule has 1 heterocycles. The SMILES string of the molecule is O=C(Nc1ccc(Oc2ccccc2)cc1)C1CCN(C(=S)SCc2ccccc2)CC1. The summed E-state index contributed by atoms with van der Waals surface area (Å²) < 4.78 is 6.72. The van der Waals surface area contributed by atoms with Gasteiger partial charge in [0.1, 0.15) is 15.8 Å². The zero-order valence-corrected chi connectivity index (χ0v) is 19.4. The van der Waals surface area contributed by atoms with Crippen molar-refractivity contribution < 1.29 is 9.53 Å². The van der Waals surface area contributed by atoms with Crippen molar-refractivity contribution in [2.75, 3.05) is 18.4 Å². The maximum Gasteiger partial charge on any atom is 0.227 e. The number of thioether (sulfide) groups is 1. The molecule has 3 aromatic carbocycles. The van der Waals surface area contributed by atoms with Crippen LogP contribution in [0.3, 0.4) is 0 Å². The van der Waals surface area contributed by atoms with Crippen molar-refractivity contribution in [3.05, 3.63) is 90.5 Å². The summed E-state index contributed by atoms with van der Waals surface area (Å²) >= 11 is 7.31. The van der Waals surface area contributed by atoms with Gasteiger partial charge in [0.15, 0.2) is 0 Å². The summed E-state index contributed by atoms with van der Waals surface area (Å²) in [5.74, 6) is 2.49. The Hall–Kier alpha value is -2.83. The van der Waals surface area contributed by atoms with E-state index in [2.05, 4.69) is 22.3 Å². The van der Waals surface area contributed by atoms with E-state index in [0.717, 1.165) is 53.2 Å². The highest BCUT2D eigenvalue weighted by atomic mass is 32.2. The molecule has 1 aliphatic rings. The minimum atomic E-state index is 0.00780. The van der Waals surface area contributed by atoms with E-state index < -0.39 is 0 Å². The number of nitrogens with one attached hydrogen (secondary N) is 1. The van der Waals surface area contributed by atoms with E-state index in [1.165, 1.54) is 5.56 Å². The molecule has 6 heteroatoms. The number of amides is 1. The topological polar surface area (TPSA) is 41.6 Å². The number of carbonyl (C=O) groups excluding carboxylic acids is 1. The molecular formula is C26H26N2O2S2. The van der Waals surface area contributed by atoms with Crippen molar-refractivity contribution in [1.29, 1.82) is 0 Å². The number of carbonyl (C=O) groups is 1. The Morgan fingerprint density at radius 1 is 0.906 bits per heavy atom. The van der Waals surface area contributed by atoms with Crippen LogP contribution in [0.25, 0.3) is 0 Å². The first kappa shape index (κ1) is 22.4. The molecule has 1 aliphatic heterocycles. The lowest BCUT2D eigenvalue weighted by Crippen LogP contribution is -2.39. The van der Waals surface area contributed by atoms with Crippen molar-refractivity contribution in [2.24, 2.45) is 5.92 Å². The number of nitrogens with zero attached hydrogens (tertiary/aromatic N) is 1. The fraction of sp³-hybridized carbons (Fsp3) is 0.231. The van der Waals surface area contributed by atoms with Crippen molar-refractivity contribution >= 4 is 39.9 Å². The summed E-state index contributed by atoms with van der Waals surface area (Å²) in [6.45, 7) is 1.64. The molecular weight excluding hydrogens is 436 g/mol. The molecule has 3 aromatic rings. The number of para-hydroxylation sites is 1. The summed E-state index contributed by atoms with van der Waals surface area (Å²) in [4.78, 5) is 15.0. The molecule has 0 atom stereocenters. The van der Waals surface area contributed by atoms with E-state index in [-0.39, 0.29) is 11.8 Å². The Morgan fingerprint density at radius 3 is 2.16 bits per heavy atom. The molecule has 1 saturated heterocycles. The second-order valence-electron chi connectivity index (χ2n) is 7.73. The van der Waals surface area contributed by atoms with Crippen LogP contribution in [0.1, 0.15) is 18.4 Å². The maximum atomic E-state index is 12.7. The van der Waals surface area contributed by atoms with Crippen molar-refractivity contribution in [3.8, 4) is 11.5 Å². The predicted molar refractivity (Wildman–Crippen MR) is 136 cm³/mol. The van der Waals surface area contributed by atoms with E-state index in [0.29, 0.717) is 0 Å². The minimum Gasteiger partial charge on any atom is -0.457 e. The number of thiocarbonyl (C=S) groups is 1. The van der Waals surface area contributed by atoms with Crippen LogP contribution < -0.4 is 10.1 Å². The highest BCUT2D eigenvalue weighted by Crippen LogP contribution is 2.26. The van der Waals surface area contributed by atoms with Gasteiger partial charge in [-0.1, -0.05) is 72.5 Å². The molecule has 32 heavy (non-hydrogen) atoms. The third-order valence-electron chi connectivity index (χ3n) is 5.43. The second-order valence-corrected chi connectivity index (χ2v) is 9.34. The van der Waals surface area contributed by atoms with E-state index in [1.54, 1.807) is 11.8 Å². The van der Waals surface area contributed by atoms with E-state index in [4.69, 9.17) is 17.0 Å². The molecule has 1 N–H and O–H groups in total. The first-order chi connectivity index (χ1) is 15.7. The van der Waals surface area contributed by atoms with Gasteiger partial charge in [0, 0.05) is 30.4 Å². The smallest absolute Gasteiger partial charge is 0.227 e. The summed E-state index contributed by atoms with van der Waals surface area (Å²) in [6.07, 6.45) is 1.63. The molecule has 4 nitrogen and oxygen atoms in total. The van der Waals surface area contributed by atoms with Crippen LogP contribution in [-0.2, 0) is 10.5 Å². The van der Waals surface area contributed by atoms with E-state index in [9.17, 15) is 4.79 Å². The number of piperidine rings is 1. The number of benzene rings is 3. The average molecular weight is 463 g/mol. The monoisotopic (exact) mass is 462 g/mol. The summed E-state index contributed by atoms with van der Waals surface area (Å²) in [7, 11) is 0. The lowest BCUT2D eigenvalue weighted by atomic mass is 9.96. The Morgan fingerprint density at radius 2 is 1.50 bits per heavy atom. The van der Waals surface area contributed by atoms with Gasteiger partial charge >= 0.3 is 0 Å². The quantitative estimate of drug-likeness (QED) is 0.433. The normalized spacial score (nSPS) is 14.1. The zero-order valence-electron chi connectivity index (χ0n) is 17.8. The molecule has 1 fully saturated rings. The maximum absolute atomic E-state index is 12.7. The van der Waals surface area contributed by atoms with Crippen LogP contribution in [0.2, 0.25) is 0 Å². The van der Waals surface area contributed by atoms with Gasteiger partial charge in [-0.15, -0.1) is 0 Å². The van der Waals surface area contributed by atoms with Gasteiger partial charge in [-0.25, -0.2) is 0 Å². The molecule has 0 bridgehead atoms. The van der Waals surface area contributed by atoms with Gasteiger partial charge in [-0.3, -0.25) is 4.79 Å². The Labute approximate surface area is 199 Å². The number of likely N-dealkylation sites (tertiary alicyclic amines) is 1. The molecule has 1 amide bonds. The lowest BCUT2D eigenvalue weighted by molar-refractivity contribution is -0.120. The predicted octanol–water partition coefficient (Wildman–Crippen LogP) is 6.35. The van der Waals surface area contributed by atoms with Gasteiger partial charge in [0.2, 0.25) is 5.91 Å². The molecule has 0 aromatic heterocycles. The lowest BCUT2D eigenvalue weighted by Gasteiger charge is -2.32. The van der Waals surface area contributed by atoms with Gasteiger partial charge in [0.05, 0.1) is 0 Å². The van der Waals surface area contributed by atoms with Crippen molar-refractivity contribution in [2.45, 2.75) is 18.6 Å². The van der Waals surface area contributed by atoms with Crippen molar-refractivity contribution in [1.82, 2.24) is 4.90 Å². The molecule has 0 unspecified atom stereocenters. The number of ether oxygens (including phenoxy) is 1. The first-order valence-electron chi connectivity index (χ1n) is 10.8. The molecule has 0 saturated carbocycles. The largest absolute Gasteiger partial charge is 0.457 e. The van der Waals surface area contributed by atoms with Gasteiger partial charge in [-0.05, 0) is 54.8 Å². The molecule has 0 radical (unpaired) electrons. The van der Waals surface area contributed by atoms with Gasteiger partial charge in [0.25, 0.3) is 0 Å². The number of rotatable bonds is 6. The zero-order chi connectivity index (χ0) is 22.2. The summed E-state index contributed by atoms with van der Waals surface area (Å²) in [6, 6.07) is 27.5. The van der Waals surface area contributed by atoms with Crippen molar-refractivity contribution in [3.63, 3.8) is 0 Å². The van der Waals surface area contributed by atoms with Crippen LogP contribution in [0.4, 0.5) is 5.69 Å². The van der Waals surface area contributed by atoms with Crippen LogP contribution in [0.5, 0.6) is 11.5 Å². The fourth-order valence-electron chi connectivity index (χ4n) is 3.61. The first-order valence-corrected chi connectivity index (χ1v) is 12.2. The number of hydrogen-bond donors (Lipinski definition) is 1. The Balaban J connectivity index is 1.21. The average Bonchev–Trinajstić information content (AvgIpc) is 2.85. The fourth-order valence-corrected chi connectivity index (χ4v) is 4.82. The van der Waals surface area contributed by atoms with Crippen LogP contribution in [0.15, 0.2) is 84.9 Å². The molecule has 164 valence electrons. The Kier molecular flexibility index (Phi) is 7.80. The third-order valence-corrected chi connectivity index (χ3v) is 7.02. The minimum absolute atomic E-state index is 0.00780. The Bertz CT molecular complexity index is 1020. The molecule has 0 spiro atoms. The third kappa shape index (κ3) is 6.34. The van der Waals surface area contributed by atoms with Gasteiger partial charge in [-0.2, -0.15) is 0 Å². The van der Waals surface area contributed by atoms with E-state index >= 15 is 0 Å². The summed E-state index contributed by atoms with van der Waals surface area (Å²) in [5.41, 5.74) is 2.06. The summed E-state index contributed by atoms with van der Waals surface area (Å²) in [5, 5.41) is 3.04. The van der Waals surface area contributed by atoms with Crippen LogP contribution in [0, 0.1) is 5.92 Å². The van der Waals surface area contributed by atoms with Gasteiger partial charge < -0.3 is 15.0 Å². The standard InChI is InChI=1S/C26H26N2O2S2/c29-25(27-22-11-13-24(14-12-22)30-23-9-5-2-6-10-23)21-15-17-28(18-16-21)26(31)32-19-20-7-3-1-4-8-20/h1-14,21H,15-19H2,(H,27,29). The highest BCUT2D eigenvalue weighted by molar-refractivity contribution is 8.22. The number of hydrogen-bond acceptors (Lipinski definition) is 4. The molecule has 0 aliphatic carbocycles. The van der Waals surface area contributed by atoms with Crippen LogP contribution in [-0.4, -0.2) is 28.2 Å². The second kappa shape index (κ2) is 11.2.